The predicted molar refractivity (Wildman–Crippen MR) is 81.8 cm³/mol. The van der Waals surface area contributed by atoms with Crippen LogP contribution < -0.4 is 0 Å². The SMILES string of the molecule is O=C(O)CCCN(Cc1ccccc1)C(=O)c1ccc(Cl)o1. The molecule has 1 heterocycles. The van der Waals surface area contributed by atoms with Gasteiger partial charge >= 0.3 is 5.97 Å². The summed E-state index contributed by atoms with van der Waals surface area (Å²) in [5.74, 6) is -1.04. The lowest BCUT2D eigenvalue weighted by atomic mass is 10.2. The molecule has 0 unspecified atom stereocenters. The summed E-state index contributed by atoms with van der Waals surface area (Å²) in [6.07, 6.45) is 0.389. The maximum absolute atomic E-state index is 12.5. The zero-order valence-electron chi connectivity index (χ0n) is 11.9. The van der Waals surface area contributed by atoms with Crippen molar-refractivity contribution in [1.82, 2.24) is 4.90 Å². The molecular weight excluding hydrogens is 306 g/mol. The number of carbonyl (C=O) groups is 2. The third-order valence-electron chi connectivity index (χ3n) is 3.11. The molecule has 0 aliphatic rings. The molecule has 0 aliphatic carbocycles. The molecule has 1 aromatic carbocycles. The third-order valence-corrected chi connectivity index (χ3v) is 3.31. The molecule has 0 saturated carbocycles. The van der Waals surface area contributed by atoms with Gasteiger partial charge in [-0.2, -0.15) is 0 Å². The zero-order chi connectivity index (χ0) is 15.9. The molecule has 1 amide bonds. The molecule has 0 saturated heterocycles. The zero-order valence-corrected chi connectivity index (χ0v) is 12.6. The standard InChI is InChI=1S/C16H16ClNO4/c17-14-9-8-13(22-14)16(21)18(10-4-7-15(19)20)11-12-5-2-1-3-6-12/h1-3,5-6,8-9H,4,7,10-11H2,(H,19,20). The normalized spacial score (nSPS) is 10.4. The van der Waals surface area contributed by atoms with Crippen molar-refractivity contribution in [2.24, 2.45) is 0 Å². The number of rotatable bonds is 7. The maximum Gasteiger partial charge on any atom is 0.303 e. The first kappa shape index (κ1) is 16.1. The number of nitrogens with zero attached hydrogens (tertiary/aromatic N) is 1. The number of hydrogen-bond donors (Lipinski definition) is 1. The van der Waals surface area contributed by atoms with Crippen LogP contribution in [0.15, 0.2) is 46.9 Å². The molecule has 0 fully saturated rings. The molecule has 6 heteroatoms. The van der Waals surface area contributed by atoms with E-state index >= 15 is 0 Å². The second kappa shape index (κ2) is 7.66. The van der Waals surface area contributed by atoms with E-state index in [1.165, 1.54) is 12.1 Å². The van der Waals surface area contributed by atoms with Crippen molar-refractivity contribution in [3.8, 4) is 0 Å². The summed E-state index contributed by atoms with van der Waals surface area (Å²) in [5.41, 5.74) is 0.962. The molecule has 0 spiro atoms. The molecule has 0 aliphatic heterocycles. The molecule has 22 heavy (non-hydrogen) atoms. The lowest BCUT2D eigenvalue weighted by Gasteiger charge is -2.21. The Labute approximate surface area is 133 Å². The van der Waals surface area contributed by atoms with Gasteiger partial charge in [-0.15, -0.1) is 0 Å². The average molecular weight is 322 g/mol. The summed E-state index contributed by atoms with van der Waals surface area (Å²) < 4.78 is 5.15. The van der Waals surface area contributed by atoms with Crippen LogP contribution in [0.25, 0.3) is 0 Å². The fourth-order valence-corrected chi connectivity index (χ4v) is 2.21. The van der Waals surface area contributed by atoms with Crippen LogP contribution in [0, 0.1) is 0 Å². The van der Waals surface area contributed by atoms with Crippen LogP contribution in [0.1, 0.15) is 29.0 Å². The number of benzene rings is 1. The van der Waals surface area contributed by atoms with E-state index in [0.717, 1.165) is 5.56 Å². The van der Waals surface area contributed by atoms with Gasteiger partial charge in [0.25, 0.3) is 5.91 Å². The summed E-state index contributed by atoms with van der Waals surface area (Å²) in [6, 6.07) is 12.5. The van der Waals surface area contributed by atoms with E-state index in [1.54, 1.807) is 4.90 Å². The van der Waals surface area contributed by atoms with Gasteiger partial charge < -0.3 is 14.4 Å². The van der Waals surface area contributed by atoms with Gasteiger partial charge in [0.1, 0.15) is 0 Å². The first-order chi connectivity index (χ1) is 10.6. The van der Waals surface area contributed by atoms with Gasteiger partial charge in [-0.1, -0.05) is 30.3 Å². The van der Waals surface area contributed by atoms with Crippen molar-refractivity contribution in [2.45, 2.75) is 19.4 Å². The Hall–Kier alpha value is -2.27. The van der Waals surface area contributed by atoms with E-state index < -0.39 is 5.97 Å². The van der Waals surface area contributed by atoms with Crippen LogP contribution in [-0.2, 0) is 11.3 Å². The highest BCUT2D eigenvalue weighted by molar-refractivity contribution is 6.29. The lowest BCUT2D eigenvalue weighted by Crippen LogP contribution is -2.31. The van der Waals surface area contributed by atoms with Crippen LogP contribution in [0.4, 0.5) is 0 Å². The molecule has 1 N–H and O–H groups in total. The molecule has 2 aromatic rings. The van der Waals surface area contributed by atoms with E-state index in [-0.39, 0.29) is 23.3 Å². The van der Waals surface area contributed by atoms with Crippen molar-refractivity contribution in [3.63, 3.8) is 0 Å². The molecule has 5 nitrogen and oxygen atoms in total. The summed E-state index contributed by atoms with van der Waals surface area (Å²) in [7, 11) is 0. The predicted octanol–water partition coefficient (Wildman–Crippen LogP) is 3.44. The van der Waals surface area contributed by atoms with Gasteiger partial charge in [-0.25, -0.2) is 0 Å². The highest BCUT2D eigenvalue weighted by Gasteiger charge is 2.19. The van der Waals surface area contributed by atoms with Crippen molar-refractivity contribution in [2.75, 3.05) is 6.54 Å². The van der Waals surface area contributed by atoms with E-state index in [9.17, 15) is 9.59 Å². The number of carboxylic acids is 1. The van der Waals surface area contributed by atoms with Gasteiger partial charge in [0.15, 0.2) is 11.0 Å². The van der Waals surface area contributed by atoms with Crippen LogP contribution >= 0.6 is 11.6 Å². The summed E-state index contributed by atoms with van der Waals surface area (Å²) in [6.45, 7) is 0.718. The van der Waals surface area contributed by atoms with E-state index in [0.29, 0.717) is 19.5 Å². The third kappa shape index (κ3) is 4.63. The quantitative estimate of drug-likeness (QED) is 0.848. The van der Waals surface area contributed by atoms with Gasteiger partial charge in [-0.05, 0) is 35.7 Å². The molecule has 1 aromatic heterocycles. The maximum atomic E-state index is 12.5. The average Bonchev–Trinajstić information content (AvgIpc) is 2.93. The summed E-state index contributed by atoms with van der Waals surface area (Å²) >= 11 is 5.70. The van der Waals surface area contributed by atoms with Crippen LogP contribution in [-0.4, -0.2) is 28.4 Å². The monoisotopic (exact) mass is 321 g/mol. The van der Waals surface area contributed by atoms with Gasteiger partial charge in [-0.3, -0.25) is 9.59 Å². The Bertz CT molecular complexity index is 639. The Morgan fingerprint density at radius 2 is 1.86 bits per heavy atom. The first-order valence-electron chi connectivity index (χ1n) is 6.86. The van der Waals surface area contributed by atoms with Gasteiger partial charge in [0, 0.05) is 19.5 Å². The second-order valence-corrected chi connectivity index (χ2v) is 5.19. The number of aliphatic carboxylic acids is 1. The summed E-state index contributed by atoms with van der Waals surface area (Å²) in [4.78, 5) is 24.7. The molecular formula is C16H16ClNO4. The second-order valence-electron chi connectivity index (χ2n) is 4.81. The van der Waals surface area contributed by atoms with Crippen LogP contribution in [0.2, 0.25) is 5.22 Å². The number of halogens is 1. The number of amides is 1. The minimum atomic E-state index is -0.881. The van der Waals surface area contributed by atoms with Crippen LogP contribution in [0.3, 0.4) is 0 Å². The fourth-order valence-electron chi connectivity index (χ4n) is 2.06. The first-order valence-corrected chi connectivity index (χ1v) is 7.24. The number of carboxylic acid groups (broad SMARTS) is 1. The minimum absolute atomic E-state index is 0.0114. The van der Waals surface area contributed by atoms with E-state index in [2.05, 4.69) is 0 Å². The molecule has 0 atom stereocenters. The van der Waals surface area contributed by atoms with E-state index in [4.69, 9.17) is 21.1 Å². The number of hydrogen-bond acceptors (Lipinski definition) is 3. The molecule has 0 bridgehead atoms. The fraction of sp³-hybridized carbons (Fsp3) is 0.250. The number of furan rings is 1. The topological polar surface area (TPSA) is 70.8 Å². The Morgan fingerprint density at radius 3 is 2.45 bits per heavy atom. The van der Waals surface area contributed by atoms with Crippen LogP contribution in [0.5, 0.6) is 0 Å². The minimum Gasteiger partial charge on any atom is -0.481 e. The van der Waals surface area contributed by atoms with Gasteiger partial charge in [0.05, 0.1) is 0 Å². The largest absolute Gasteiger partial charge is 0.481 e. The molecule has 0 radical (unpaired) electrons. The molecule has 116 valence electrons. The van der Waals surface area contributed by atoms with Crippen molar-refractivity contribution < 1.29 is 19.1 Å². The van der Waals surface area contributed by atoms with Crippen molar-refractivity contribution in [1.29, 1.82) is 0 Å². The van der Waals surface area contributed by atoms with Crippen molar-refractivity contribution >= 4 is 23.5 Å². The Kier molecular flexibility index (Phi) is 5.61. The Balaban J connectivity index is 2.09. The van der Waals surface area contributed by atoms with E-state index in [1.807, 2.05) is 30.3 Å². The number of carbonyl (C=O) groups excluding carboxylic acids is 1. The smallest absolute Gasteiger partial charge is 0.303 e. The highest BCUT2D eigenvalue weighted by atomic mass is 35.5. The van der Waals surface area contributed by atoms with Crippen molar-refractivity contribution in [3.05, 3.63) is 59.0 Å². The molecule has 2 rings (SSSR count). The Morgan fingerprint density at radius 1 is 1.14 bits per heavy atom. The summed E-state index contributed by atoms with van der Waals surface area (Å²) in [5, 5.41) is 8.88. The van der Waals surface area contributed by atoms with Gasteiger partial charge in [0.2, 0.25) is 0 Å². The highest BCUT2D eigenvalue weighted by Crippen LogP contribution is 2.17. The lowest BCUT2D eigenvalue weighted by molar-refractivity contribution is -0.137.